The summed E-state index contributed by atoms with van der Waals surface area (Å²) in [5.41, 5.74) is 0.855. The van der Waals surface area contributed by atoms with Crippen molar-refractivity contribution in [2.75, 3.05) is 13.2 Å². The number of aromatic nitrogens is 3. The summed E-state index contributed by atoms with van der Waals surface area (Å²) < 4.78 is 12.5. The van der Waals surface area contributed by atoms with Gasteiger partial charge in [0.2, 0.25) is 0 Å². The third kappa shape index (κ3) is 4.32. The number of aliphatic hydroxyl groups excluding tert-OH is 1. The van der Waals surface area contributed by atoms with Crippen molar-refractivity contribution in [2.24, 2.45) is 0 Å². The summed E-state index contributed by atoms with van der Waals surface area (Å²) in [5.74, 6) is 0.668. The van der Waals surface area contributed by atoms with Gasteiger partial charge in [-0.1, -0.05) is 6.07 Å². The van der Waals surface area contributed by atoms with Crippen LogP contribution in [-0.4, -0.2) is 45.3 Å². The Kier molecular flexibility index (Phi) is 5.09. The Balaban J connectivity index is 1.89. The molecule has 0 aliphatic carbocycles. The predicted molar refractivity (Wildman–Crippen MR) is 73.9 cm³/mol. The molecule has 20 heavy (non-hydrogen) atoms. The van der Waals surface area contributed by atoms with Crippen LogP contribution < -0.4 is 4.74 Å². The van der Waals surface area contributed by atoms with E-state index in [4.69, 9.17) is 9.47 Å². The van der Waals surface area contributed by atoms with Crippen LogP contribution in [0.25, 0.3) is 5.69 Å². The normalized spacial score (nSPS) is 12.6. The fourth-order valence-electron chi connectivity index (χ4n) is 1.60. The van der Waals surface area contributed by atoms with Gasteiger partial charge in [-0.15, -0.1) is 0 Å². The highest BCUT2D eigenvalue weighted by Crippen LogP contribution is 2.16. The average Bonchev–Trinajstić information content (AvgIpc) is 2.97. The number of hydrogen-bond donors (Lipinski definition) is 1. The van der Waals surface area contributed by atoms with E-state index in [2.05, 4.69) is 10.1 Å². The Hall–Kier alpha value is -1.92. The van der Waals surface area contributed by atoms with Crippen molar-refractivity contribution in [1.29, 1.82) is 0 Å². The molecule has 1 atom stereocenters. The van der Waals surface area contributed by atoms with Crippen LogP contribution in [0.4, 0.5) is 0 Å². The molecule has 0 amide bonds. The average molecular weight is 277 g/mol. The number of aliphatic hydroxyl groups is 1. The van der Waals surface area contributed by atoms with Crippen molar-refractivity contribution in [3.63, 3.8) is 0 Å². The maximum atomic E-state index is 9.74. The molecule has 0 saturated carbocycles. The lowest BCUT2D eigenvalue weighted by atomic mass is 10.3. The fraction of sp³-hybridized carbons (Fsp3) is 0.429. The SMILES string of the molecule is CC(C)OCC(O)COc1cccc(-n2cncn2)c1. The maximum absolute atomic E-state index is 9.74. The van der Waals surface area contributed by atoms with Gasteiger partial charge < -0.3 is 14.6 Å². The topological polar surface area (TPSA) is 69.4 Å². The molecule has 1 N–H and O–H groups in total. The Labute approximate surface area is 118 Å². The third-order valence-electron chi connectivity index (χ3n) is 2.57. The number of ether oxygens (including phenoxy) is 2. The molecule has 1 unspecified atom stereocenters. The lowest BCUT2D eigenvalue weighted by molar-refractivity contribution is -0.0122. The molecule has 108 valence electrons. The van der Waals surface area contributed by atoms with E-state index in [-0.39, 0.29) is 19.3 Å². The zero-order chi connectivity index (χ0) is 14.4. The minimum atomic E-state index is -0.646. The van der Waals surface area contributed by atoms with Gasteiger partial charge >= 0.3 is 0 Å². The first-order valence-corrected chi connectivity index (χ1v) is 6.52. The first-order valence-electron chi connectivity index (χ1n) is 6.52. The number of nitrogens with zero attached hydrogens (tertiary/aromatic N) is 3. The maximum Gasteiger partial charge on any atom is 0.138 e. The van der Waals surface area contributed by atoms with Crippen LogP contribution in [0.2, 0.25) is 0 Å². The molecular weight excluding hydrogens is 258 g/mol. The minimum Gasteiger partial charge on any atom is -0.491 e. The second kappa shape index (κ2) is 7.02. The highest BCUT2D eigenvalue weighted by atomic mass is 16.5. The Morgan fingerprint density at radius 1 is 1.30 bits per heavy atom. The van der Waals surface area contributed by atoms with E-state index in [1.165, 1.54) is 6.33 Å². The summed E-state index contributed by atoms with van der Waals surface area (Å²) in [6.07, 6.45) is 2.54. The van der Waals surface area contributed by atoms with Crippen LogP contribution in [0.5, 0.6) is 5.75 Å². The Morgan fingerprint density at radius 3 is 2.85 bits per heavy atom. The molecule has 1 heterocycles. The van der Waals surface area contributed by atoms with Crippen molar-refractivity contribution >= 4 is 0 Å². The molecule has 1 aromatic heterocycles. The zero-order valence-corrected chi connectivity index (χ0v) is 11.6. The van der Waals surface area contributed by atoms with Crippen molar-refractivity contribution < 1.29 is 14.6 Å². The monoisotopic (exact) mass is 277 g/mol. The molecule has 2 rings (SSSR count). The molecule has 0 bridgehead atoms. The summed E-state index contributed by atoms with van der Waals surface area (Å²) in [6, 6.07) is 7.43. The highest BCUT2D eigenvalue weighted by Gasteiger charge is 2.07. The second-order valence-corrected chi connectivity index (χ2v) is 4.68. The van der Waals surface area contributed by atoms with E-state index >= 15 is 0 Å². The van der Waals surface area contributed by atoms with E-state index in [1.54, 1.807) is 11.0 Å². The van der Waals surface area contributed by atoms with Crippen LogP contribution in [0.15, 0.2) is 36.9 Å². The van der Waals surface area contributed by atoms with Crippen LogP contribution in [0.1, 0.15) is 13.8 Å². The zero-order valence-electron chi connectivity index (χ0n) is 11.6. The van der Waals surface area contributed by atoms with E-state index in [1.807, 2.05) is 38.1 Å². The van der Waals surface area contributed by atoms with E-state index in [9.17, 15) is 5.11 Å². The largest absolute Gasteiger partial charge is 0.491 e. The van der Waals surface area contributed by atoms with Crippen LogP contribution in [0.3, 0.4) is 0 Å². The molecular formula is C14H19N3O3. The van der Waals surface area contributed by atoms with Gasteiger partial charge in [-0.2, -0.15) is 5.10 Å². The summed E-state index contributed by atoms with van der Waals surface area (Å²) >= 11 is 0. The molecule has 1 aromatic carbocycles. The van der Waals surface area contributed by atoms with Gasteiger partial charge in [-0.3, -0.25) is 0 Å². The number of rotatable bonds is 7. The van der Waals surface area contributed by atoms with Gasteiger partial charge in [-0.05, 0) is 26.0 Å². The van der Waals surface area contributed by atoms with Gasteiger partial charge in [0.15, 0.2) is 0 Å². The molecule has 0 aliphatic rings. The van der Waals surface area contributed by atoms with Gasteiger partial charge in [-0.25, -0.2) is 9.67 Å². The minimum absolute atomic E-state index is 0.0975. The molecule has 0 radical (unpaired) electrons. The van der Waals surface area contributed by atoms with E-state index in [0.717, 1.165) is 5.69 Å². The van der Waals surface area contributed by atoms with E-state index < -0.39 is 6.10 Å². The molecule has 0 aliphatic heterocycles. The molecule has 6 nitrogen and oxygen atoms in total. The van der Waals surface area contributed by atoms with Crippen LogP contribution in [-0.2, 0) is 4.74 Å². The van der Waals surface area contributed by atoms with Crippen molar-refractivity contribution in [2.45, 2.75) is 26.1 Å². The van der Waals surface area contributed by atoms with Gasteiger partial charge in [0.1, 0.15) is 31.1 Å². The number of benzene rings is 1. The lowest BCUT2D eigenvalue weighted by Crippen LogP contribution is -2.25. The van der Waals surface area contributed by atoms with Gasteiger partial charge in [0.25, 0.3) is 0 Å². The summed E-state index contributed by atoms with van der Waals surface area (Å²) in [6.45, 7) is 4.30. The molecule has 0 spiro atoms. The smallest absolute Gasteiger partial charge is 0.138 e. The van der Waals surface area contributed by atoms with Crippen molar-refractivity contribution in [3.05, 3.63) is 36.9 Å². The quantitative estimate of drug-likeness (QED) is 0.829. The fourth-order valence-corrected chi connectivity index (χ4v) is 1.60. The molecule has 2 aromatic rings. The first-order chi connectivity index (χ1) is 9.65. The first kappa shape index (κ1) is 14.5. The molecule has 0 saturated heterocycles. The predicted octanol–water partition coefficient (Wildman–Crippen LogP) is 1.43. The summed E-state index contributed by atoms with van der Waals surface area (Å²) in [7, 11) is 0. The summed E-state index contributed by atoms with van der Waals surface area (Å²) in [5, 5.41) is 13.8. The van der Waals surface area contributed by atoms with Gasteiger partial charge in [0.05, 0.1) is 18.4 Å². The van der Waals surface area contributed by atoms with E-state index in [0.29, 0.717) is 5.75 Å². The van der Waals surface area contributed by atoms with Crippen LogP contribution in [0, 0.1) is 0 Å². The highest BCUT2D eigenvalue weighted by molar-refractivity contribution is 5.38. The standard InChI is InChI=1S/C14H19N3O3/c1-11(2)19-7-13(18)8-20-14-5-3-4-12(6-14)17-10-15-9-16-17/h3-6,9-11,13,18H,7-8H2,1-2H3. The van der Waals surface area contributed by atoms with Crippen LogP contribution >= 0.6 is 0 Å². The van der Waals surface area contributed by atoms with Crippen molar-refractivity contribution in [3.8, 4) is 11.4 Å². The Morgan fingerprint density at radius 2 is 2.15 bits per heavy atom. The third-order valence-corrected chi connectivity index (χ3v) is 2.57. The van der Waals surface area contributed by atoms with Crippen molar-refractivity contribution in [1.82, 2.24) is 14.8 Å². The number of hydrogen-bond acceptors (Lipinski definition) is 5. The summed E-state index contributed by atoms with van der Waals surface area (Å²) in [4.78, 5) is 3.90. The molecule has 0 fully saturated rings. The molecule has 6 heteroatoms. The lowest BCUT2D eigenvalue weighted by Gasteiger charge is -2.14. The second-order valence-electron chi connectivity index (χ2n) is 4.68. The Bertz CT molecular complexity index is 514. The van der Waals surface area contributed by atoms with Gasteiger partial charge in [0, 0.05) is 6.07 Å².